The molecule has 34 heavy (non-hydrogen) atoms. The Balaban J connectivity index is 1.59. The molecule has 0 aromatic carbocycles. The van der Waals surface area contributed by atoms with Gasteiger partial charge < -0.3 is 10.1 Å². The number of aromatic nitrogens is 4. The van der Waals surface area contributed by atoms with Gasteiger partial charge >= 0.3 is 12.1 Å². The number of carbonyl (C=O) groups is 2. The van der Waals surface area contributed by atoms with Crippen LogP contribution in [0.3, 0.4) is 0 Å². The third-order valence-corrected chi connectivity index (χ3v) is 5.75. The highest BCUT2D eigenvalue weighted by Crippen LogP contribution is 2.26. The van der Waals surface area contributed by atoms with Crippen LogP contribution in [-0.2, 0) is 11.2 Å². The highest BCUT2D eigenvalue weighted by atomic mass is 16.6. The first kappa shape index (κ1) is 23.5. The number of nitrogens with zero attached hydrogens (tertiary/aromatic N) is 4. The van der Waals surface area contributed by atoms with Crippen LogP contribution in [-0.4, -0.2) is 43.6 Å². The second kappa shape index (κ2) is 9.29. The molecule has 3 heterocycles. The number of hydrogen-bond donors (Lipinski definition) is 1. The molecule has 8 heteroatoms. The molecule has 0 unspecified atom stereocenters. The number of hydrogen-bond acceptors (Lipinski definition) is 5. The van der Waals surface area contributed by atoms with Crippen molar-refractivity contribution < 1.29 is 14.3 Å². The lowest BCUT2D eigenvalue weighted by Crippen LogP contribution is -2.31. The van der Waals surface area contributed by atoms with E-state index in [2.05, 4.69) is 27.6 Å². The van der Waals surface area contributed by atoms with E-state index in [4.69, 9.17) is 4.74 Å². The highest BCUT2D eigenvalue weighted by Gasteiger charge is 2.23. The summed E-state index contributed by atoms with van der Waals surface area (Å²) in [6.07, 6.45) is 11.8. The van der Waals surface area contributed by atoms with Gasteiger partial charge in [0.25, 0.3) is 0 Å². The van der Waals surface area contributed by atoms with Crippen molar-refractivity contribution in [1.29, 1.82) is 0 Å². The Morgan fingerprint density at radius 1 is 1.21 bits per heavy atom. The van der Waals surface area contributed by atoms with Gasteiger partial charge in [0.2, 0.25) is 0 Å². The summed E-state index contributed by atoms with van der Waals surface area (Å²) in [6.45, 7) is 9.75. The average Bonchev–Trinajstić information content (AvgIpc) is 3.30. The van der Waals surface area contributed by atoms with Crippen molar-refractivity contribution in [2.24, 2.45) is 0 Å². The van der Waals surface area contributed by atoms with Crippen LogP contribution in [0, 0.1) is 13.8 Å². The first-order valence-corrected chi connectivity index (χ1v) is 11.5. The third-order valence-electron chi connectivity index (χ3n) is 5.75. The third kappa shape index (κ3) is 4.95. The maximum absolute atomic E-state index is 12.8. The topological polar surface area (TPSA) is 91.0 Å². The van der Waals surface area contributed by atoms with E-state index in [1.807, 2.05) is 52.8 Å². The van der Waals surface area contributed by atoms with E-state index < -0.39 is 11.7 Å². The molecule has 0 fully saturated rings. The molecule has 0 atom stereocenters. The number of amides is 1. The molecular formula is C26H31N5O3. The zero-order chi connectivity index (χ0) is 24.5. The Labute approximate surface area is 199 Å². The zero-order valence-electron chi connectivity index (χ0n) is 20.4. The minimum absolute atomic E-state index is 0.260. The van der Waals surface area contributed by atoms with Gasteiger partial charge in [-0.25, -0.2) is 19.1 Å². The van der Waals surface area contributed by atoms with E-state index in [1.54, 1.807) is 12.4 Å². The molecule has 0 saturated carbocycles. The van der Waals surface area contributed by atoms with Gasteiger partial charge in [-0.3, -0.25) is 0 Å². The summed E-state index contributed by atoms with van der Waals surface area (Å²) < 4.78 is 8.43. The van der Waals surface area contributed by atoms with Crippen LogP contribution in [0.15, 0.2) is 48.3 Å². The summed E-state index contributed by atoms with van der Waals surface area (Å²) in [5, 5.41) is 8.31. The Bertz CT molecular complexity index is 1300. The molecule has 4 rings (SSSR count). The number of aryl methyl sites for hydroxylation is 1. The Morgan fingerprint density at radius 3 is 2.71 bits per heavy atom. The molecule has 3 aromatic heterocycles. The normalized spacial score (nSPS) is 13.7. The second-order valence-electron chi connectivity index (χ2n) is 9.53. The van der Waals surface area contributed by atoms with E-state index in [1.165, 1.54) is 9.25 Å². The monoisotopic (exact) mass is 461 g/mol. The molecule has 0 spiro atoms. The summed E-state index contributed by atoms with van der Waals surface area (Å²) in [5.74, 6) is 0. The molecule has 1 aliphatic rings. The fraction of sp³-hybridized carbons (Fsp3) is 0.385. The molecule has 1 amide bonds. The van der Waals surface area contributed by atoms with Gasteiger partial charge in [0.1, 0.15) is 11.2 Å². The SMILES string of the molecule is Cc1nn(C(=O)NCC2=CCCC=C2)c(C)c1Cc1cn(C(=O)OC(C)(C)C)c2ncccc12. The van der Waals surface area contributed by atoms with Crippen molar-refractivity contribution in [2.75, 3.05) is 6.54 Å². The minimum atomic E-state index is -0.617. The number of allylic oxidation sites excluding steroid dienone is 2. The number of rotatable bonds is 4. The van der Waals surface area contributed by atoms with E-state index in [9.17, 15) is 9.59 Å². The molecule has 1 N–H and O–H groups in total. The first-order valence-electron chi connectivity index (χ1n) is 11.5. The second-order valence-corrected chi connectivity index (χ2v) is 9.53. The molecule has 0 aliphatic heterocycles. The molecule has 1 aliphatic carbocycles. The molecular weight excluding hydrogens is 430 g/mol. The smallest absolute Gasteiger partial charge is 0.420 e. The summed E-state index contributed by atoms with van der Waals surface area (Å²) in [4.78, 5) is 30.0. The number of pyridine rings is 1. The highest BCUT2D eigenvalue weighted by molar-refractivity contribution is 5.89. The average molecular weight is 462 g/mol. The van der Waals surface area contributed by atoms with Gasteiger partial charge in [-0.1, -0.05) is 18.2 Å². The van der Waals surface area contributed by atoms with Crippen molar-refractivity contribution in [3.05, 3.63) is 70.8 Å². The van der Waals surface area contributed by atoms with Gasteiger partial charge in [-0.05, 0) is 70.7 Å². The van der Waals surface area contributed by atoms with Crippen molar-refractivity contribution in [2.45, 2.75) is 59.5 Å². The van der Waals surface area contributed by atoms with Gasteiger partial charge in [-0.2, -0.15) is 9.78 Å². The standard InChI is InChI=1S/C26H31N5O3/c1-17-22(18(2)31(29-17)24(32)28-15-19-10-7-6-8-11-19)14-20-16-30(25(33)34-26(3,4)5)23-21(20)12-9-13-27-23/h7,9-13,16H,6,8,14-15H2,1-5H3,(H,28,32). The summed E-state index contributed by atoms with van der Waals surface area (Å²) >= 11 is 0. The number of ether oxygens (including phenoxy) is 1. The lowest BCUT2D eigenvalue weighted by Gasteiger charge is -2.19. The molecule has 0 bridgehead atoms. The van der Waals surface area contributed by atoms with Gasteiger partial charge in [0, 0.05) is 42.0 Å². The number of fused-ring (bicyclic) bond motifs is 1. The van der Waals surface area contributed by atoms with Crippen LogP contribution < -0.4 is 5.32 Å². The molecule has 0 saturated heterocycles. The first-order chi connectivity index (χ1) is 16.1. The lowest BCUT2D eigenvalue weighted by molar-refractivity contribution is 0.0543. The Kier molecular flexibility index (Phi) is 6.41. The molecule has 178 valence electrons. The maximum Gasteiger partial charge on any atom is 0.420 e. The van der Waals surface area contributed by atoms with Crippen molar-refractivity contribution in [3.8, 4) is 0 Å². The van der Waals surface area contributed by atoms with E-state index >= 15 is 0 Å². The van der Waals surface area contributed by atoms with Crippen molar-refractivity contribution in [3.63, 3.8) is 0 Å². The summed E-state index contributed by atoms with van der Waals surface area (Å²) in [5.41, 5.74) is 4.42. The predicted molar refractivity (Wildman–Crippen MR) is 131 cm³/mol. The maximum atomic E-state index is 12.8. The van der Waals surface area contributed by atoms with Crippen LogP contribution in [0.4, 0.5) is 9.59 Å². The molecule has 8 nitrogen and oxygen atoms in total. The quantitative estimate of drug-likeness (QED) is 0.587. The van der Waals surface area contributed by atoms with Gasteiger partial charge in [0.05, 0.1) is 5.69 Å². The fourth-order valence-corrected chi connectivity index (χ4v) is 4.09. The van der Waals surface area contributed by atoms with Crippen LogP contribution in [0.5, 0.6) is 0 Å². The number of carbonyl (C=O) groups excluding carboxylic acids is 2. The summed E-state index contributed by atoms with van der Waals surface area (Å²) in [7, 11) is 0. The van der Waals surface area contributed by atoms with E-state index in [0.29, 0.717) is 18.6 Å². The molecule has 0 radical (unpaired) electrons. The lowest BCUT2D eigenvalue weighted by atomic mass is 10.0. The van der Waals surface area contributed by atoms with Crippen LogP contribution in [0.1, 0.15) is 56.1 Å². The van der Waals surface area contributed by atoms with Crippen molar-refractivity contribution >= 4 is 23.2 Å². The minimum Gasteiger partial charge on any atom is -0.443 e. The molecule has 3 aromatic rings. The van der Waals surface area contributed by atoms with Gasteiger partial charge in [-0.15, -0.1) is 0 Å². The van der Waals surface area contributed by atoms with E-state index in [-0.39, 0.29) is 6.03 Å². The van der Waals surface area contributed by atoms with Crippen LogP contribution in [0.25, 0.3) is 11.0 Å². The largest absolute Gasteiger partial charge is 0.443 e. The van der Waals surface area contributed by atoms with Crippen LogP contribution in [0.2, 0.25) is 0 Å². The van der Waals surface area contributed by atoms with Gasteiger partial charge in [0.15, 0.2) is 0 Å². The Hall–Kier alpha value is -3.68. The van der Waals surface area contributed by atoms with Crippen molar-refractivity contribution in [1.82, 2.24) is 24.6 Å². The zero-order valence-corrected chi connectivity index (χ0v) is 20.4. The summed E-state index contributed by atoms with van der Waals surface area (Å²) in [6, 6.07) is 3.52. The van der Waals surface area contributed by atoms with Crippen LogP contribution >= 0.6 is 0 Å². The number of nitrogens with one attached hydrogen (secondary N) is 1. The fourth-order valence-electron chi connectivity index (χ4n) is 4.09. The van der Waals surface area contributed by atoms with E-state index in [0.717, 1.165) is 46.3 Å². The Morgan fingerprint density at radius 2 is 2.00 bits per heavy atom. The predicted octanol–water partition coefficient (Wildman–Crippen LogP) is 5.06.